The molecule has 4 rings (SSSR count). The molecule has 4 aromatic rings. The van der Waals surface area contributed by atoms with E-state index in [4.69, 9.17) is 4.74 Å². The smallest absolute Gasteiger partial charge is 0.332 e. The summed E-state index contributed by atoms with van der Waals surface area (Å²) in [7, 11) is 1.57. The van der Waals surface area contributed by atoms with Crippen LogP contribution in [0, 0.1) is 0 Å². The second-order valence-corrected chi connectivity index (χ2v) is 6.77. The highest BCUT2D eigenvalue weighted by Gasteiger charge is 2.17. The maximum atomic E-state index is 13.2. The molecule has 0 amide bonds. The number of pyridine rings is 1. The van der Waals surface area contributed by atoms with Crippen LogP contribution in [0.1, 0.15) is 15.9 Å². The monoisotopic (exact) mass is 401 g/mol. The number of ketones is 1. The first-order chi connectivity index (χ1) is 14.6. The summed E-state index contributed by atoms with van der Waals surface area (Å²) in [4.78, 5) is 43.1. The Balaban J connectivity index is 1.82. The molecule has 0 fully saturated rings. The van der Waals surface area contributed by atoms with Gasteiger partial charge >= 0.3 is 5.69 Å². The van der Waals surface area contributed by atoms with Gasteiger partial charge in [-0.05, 0) is 29.8 Å². The van der Waals surface area contributed by atoms with E-state index in [-0.39, 0.29) is 24.4 Å². The van der Waals surface area contributed by atoms with Gasteiger partial charge in [-0.15, -0.1) is 0 Å². The van der Waals surface area contributed by atoms with E-state index >= 15 is 0 Å². The zero-order chi connectivity index (χ0) is 21.1. The van der Waals surface area contributed by atoms with Crippen molar-refractivity contribution in [3.8, 4) is 5.75 Å². The van der Waals surface area contributed by atoms with E-state index < -0.39 is 11.2 Å². The van der Waals surface area contributed by atoms with Crippen LogP contribution in [-0.4, -0.2) is 27.0 Å². The Morgan fingerprint density at radius 1 is 0.933 bits per heavy atom. The molecule has 2 aromatic heterocycles. The van der Waals surface area contributed by atoms with Crippen LogP contribution < -0.4 is 16.0 Å². The molecule has 0 saturated carbocycles. The summed E-state index contributed by atoms with van der Waals surface area (Å²) in [6.07, 6.45) is 1.50. The molecule has 0 unspecified atom stereocenters. The first-order valence-electron chi connectivity index (χ1n) is 9.38. The number of nitrogens with zero attached hydrogens (tertiary/aromatic N) is 3. The van der Waals surface area contributed by atoms with Gasteiger partial charge in [0.2, 0.25) is 0 Å². The number of methoxy groups -OCH3 is 1. The molecule has 7 heteroatoms. The van der Waals surface area contributed by atoms with E-state index in [2.05, 4.69) is 4.98 Å². The Labute approximate surface area is 171 Å². The van der Waals surface area contributed by atoms with Crippen molar-refractivity contribution >= 4 is 16.8 Å². The summed E-state index contributed by atoms with van der Waals surface area (Å²) in [5.74, 6) is 0.453. The molecular weight excluding hydrogens is 382 g/mol. The number of carbonyl (C=O) groups is 1. The highest BCUT2D eigenvalue weighted by Crippen LogP contribution is 2.12. The molecule has 0 aliphatic carbocycles. The van der Waals surface area contributed by atoms with E-state index in [9.17, 15) is 14.4 Å². The minimum Gasteiger partial charge on any atom is -0.497 e. The molecule has 0 atom stereocenters. The molecular formula is C23H19N3O4. The van der Waals surface area contributed by atoms with Gasteiger partial charge in [-0.2, -0.15) is 0 Å². The first-order valence-corrected chi connectivity index (χ1v) is 9.38. The molecule has 0 spiro atoms. The third-order valence-corrected chi connectivity index (χ3v) is 4.88. The van der Waals surface area contributed by atoms with Crippen molar-refractivity contribution in [3.05, 3.63) is 105 Å². The Bertz CT molecular complexity index is 1320. The first kappa shape index (κ1) is 19.3. The predicted molar refractivity (Wildman–Crippen MR) is 113 cm³/mol. The highest BCUT2D eigenvalue weighted by molar-refractivity contribution is 5.96. The molecule has 0 radical (unpaired) electrons. The van der Waals surface area contributed by atoms with Crippen LogP contribution in [0.5, 0.6) is 5.75 Å². The molecule has 2 aromatic carbocycles. The van der Waals surface area contributed by atoms with Gasteiger partial charge in [0.05, 0.1) is 25.7 Å². The topological polar surface area (TPSA) is 83.2 Å². The molecule has 7 nitrogen and oxygen atoms in total. The van der Waals surface area contributed by atoms with Crippen LogP contribution in [0.15, 0.2) is 82.5 Å². The van der Waals surface area contributed by atoms with E-state index in [0.717, 1.165) is 10.1 Å². The van der Waals surface area contributed by atoms with Crippen molar-refractivity contribution in [3.63, 3.8) is 0 Å². The number of carbonyl (C=O) groups excluding carboxylic acids is 1. The van der Waals surface area contributed by atoms with Gasteiger partial charge < -0.3 is 4.74 Å². The number of rotatable bonds is 6. The summed E-state index contributed by atoms with van der Waals surface area (Å²) in [6, 6.07) is 19.1. The minimum atomic E-state index is -0.555. The molecule has 0 bridgehead atoms. The van der Waals surface area contributed by atoms with E-state index in [0.29, 0.717) is 16.8 Å². The summed E-state index contributed by atoms with van der Waals surface area (Å²) in [6.45, 7) is -0.123. The van der Waals surface area contributed by atoms with Crippen molar-refractivity contribution in [1.82, 2.24) is 14.1 Å². The summed E-state index contributed by atoms with van der Waals surface area (Å²) in [5, 5.41) is 0. The molecule has 150 valence electrons. The normalized spacial score (nSPS) is 10.8. The lowest BCUT2D eigenvalue weighted by atomic mass is 10.1. The summed E-state index contributed by atoms with van der Waals surface area (Å²) in [5.41, 5.74) is 0.685. The molecule has 2 heterocycles. The quantitative estimate of drug-likeness (QED) is 0.464. The van der Waals surface area contributed by atoms with Crippen LogP contribution in [0.2, 0.25) is 0 Å². The zero-order valence-corrected chi connectivity index (χ0v) is 16.3. The van der Waals surface area contributed by atoms with Crippen LogP contribution in [-0.2, 0) is 13.1 Å². The van der Waals surface area contributed by atoms with Crippen molar-refractivity contribution < 1.29 is 9.53 Å². The van der Waals surface area contributed by atoms with Gasteiger partial charge in [-0.3, -0.25) is 18.7 Å². The number of aromatic nitrogens is 3. The van der Waals surface area contributed by atoms with Crippen LogP contribution in [0.4, 0.5) is 0 Å². The maximum Gasteiger partial charge on any atom is 0.332 e. The third kappa shape index (κ3) is 3.65. The lowest BCUT2D eigenvalue weighted by molar-refractivity contribution is 0.0971. The summed E-state index contributed by atoms with van der Waals surface area (Å²) < 4.78 is 7.56. The van der Waals surface area contributed by atoms with Gasteiger partial charge in [0.25, 0.3) is 5.56 Å². The number of hydrogen-bond donors (Lipinski definition) is 0. The minimum absolute atomic E-state index is 0.0632. The Hall–Kier alpha value is -4.00. The average Bonchev–Trinajstić information content (AvgIpc) is 2.80. The molecule has 0 N–H and O–H groups in total. The molecule has 0 saturated heterocycles. The lowest BCUT2D eigenvalue weighted by Gasteiger charge is -2.13. The Morgan fingerprint density at radius 3 is 2.37 bits per heavy atom. The second kappa shape index (κ2) is 8.16. The SMILES string of the molecule is COc1ccc(Cn2c(=O)c3ncccc3n(CC(=O)c3ccccc3)c2=O)cc1. The fourth-order valence-electron chi connectivity index (χ4n) is 3.31. The number of Topliss-reactive ketones (excluding diaryl/α,β-unsaturated/α-hetero) is 1. The maximum absolute atomic E-state index is 13.2. The number of hydrogen-bond acceptors (Lipinski definition) is 5. The Kier molecular flexibility index (Phi) is 5.26. The summed E-state index contributed by atoms with van der Waals surface area (Å²) >= 11 is 0. The molecule has 0 aliphatic rings. The number of benzene rings is 2. The van der Waals surface area contributed by atoms with Gasteiger partial charge in [-0.25, -0.2) is 9.78 Å². The highest BCUT2D eigenvalue weighted by atomic mass is 16.5. The van der Waals surface area contributed by atoms with E-state index in [1.54, 1.807) is 67.8 Å². The van der Waals surface area contributed by atoms with E-state index in [1.165, 1.54) is 10.8 Å². The predicted octanol–water partition coefficient (Wildman–Crippen LogP) is 2.50. The van der Waals surface area contributed by atoms with Crippen LogP contribution in [0.25, 0.3) is 11.0 Å². The fourth-order valence-corrected chi connectivity index (χ4v) is 3.31. The molecule has 0 aliphatic heterocycles. The average molecular weight is 401 g/mol. The lowest BCUT2D eigenvalue weighted by Crippen LogP contribution is -2.41. The van der Waals surface area contributed by atoms with Gasteiger partial charge in [-0.1, -0.05) is 42.5 Å². The van der Waals surface area contributed by atoms with Crippen LogP contribution in [0.3, 0.4) is 0 Å². The molecule has 30 heavy (non-hydrogen) atoms. The van der Waals surface area contributed by atoms with Gasteiger partial charge in [0.1, 0.15) is 5.75 Å². The van der Waals surface area contributed by atoms with Crippen molar-refractivity contribution in [1.29, 1.82) is 0 Å². The van der Waals surface area contributed by atoms with Gasteiger partial charge in [0.15, 0.2) is 11.3 Å². The Morgan fingerprint density at radius 2 is 1.67 bits per heavy atom. The van der Waals surface area contributed by atoms with Gasteiger partial charge in [0, 0.05) is 11.8 Å². The fraction of sp³-hybridized carbons (Fsp3) is 0.130. The third-order valence-electron chi connectivity index (χ3n) is 4.88. The van der Waals surface area contributed by atoms with Crippen molar-refractivity contribution in [2.75, 3.05) is 7.11 Å². The van der Waals surface area contributed by atoms with E-state index in [1.807, 2.05) is 6.07 Å². The number of ether oxygens (including phenoxy) is 1. The largest absolute Gasteiger partial charge is 0.497 e. The van der Waals surface area contributed by atoms with Crippen molar-refractivity contribution in [2.24, 2.45) is 0 Å². The number of fused-ring (bicyclic) bond motifs is 1. The van der Waals surface area contributed by atoms with Crippen LogP contribution >= 0.6 is 0 Å². The zero-order valence-electron chi connectivity index (χ0n) is 16.3. The second-order valence-electron chi connectivity index (χ2n) is 6.77. The standard InChI is InChI=1S/C23H19N3O4/c1-30-18-11-9-16(10-12-18)14-26-22(28)21-19(8-5-13-24-21)25(23(26)29)15-20(27)17-6-3-2-4-7-17/h2-13H,14-15H2,1H3. The van der Waals surface area contributed by atoms with Crippen molar-refractivity contribution in [2.45, 2.75) is 13.1 Å².